The smallest absolute Gasteiger partial charge is 0.240 e. The van der Waals surface area contributed by atoms with Gasteiger partial charge in [0.05, 0.1) is 19.1 Å². The first-order chi connectivity index (χ1) is 8.54. The number of carbonyl (C=O) groups excluding carboxylic acids is 2. The minimum atomic E-state index is -0.408. The summed E-state index contributed by atoms with van der Waals surface area (Å²) in [5.41, 5.74) is 0. The molecule has 0 bridgehead atoms. The van der Waals surface area contributed by atoms with Crippen LogP contribution in [0.25, 0.3) is 0 Å². The Labute approximate surface area is 120 Å². The van der Waals surface area contributed by atoms with Gasteiger partial charge in [-0.3, -0.25) is 9.59 Å². The van der Waals surface area contributed by atoms with Crippen molar-refractivity contribution in [1.82, 2.24) is 15.5 Å². The molecule has 1 saturated heterocycles. The van der Waals surface area contributed by atoms with Crippen molar-refractivity contribution in [2.45, 2.75) is 32.4 Å². The Bertz CT molecular complexity index is 300. The molecule has 1 aliphatic heterocycles. The molecule has 2 amide bonds. The van der Waals surface area contributed by atoms with Gasteiger partial charge in [0.1, 0.15) is 0 Å². The molecule has 1 aliphatic rings. The average molecular weight is 294 g/mol. The number of nitrogens with one attached hydrogen (secondary N) is 2. The molecule has 1 heterocycles. The Hall–Kier alpha value is -0.850. The predicted molar refractivity (Wildman–Crippen MR) is 75.4 cm³/mol. The molecule has 0 aromatic heterocycles. The third-order valence-corrected chi connectivity index (χ3v) is 2.79. The van der Waals surface area contributed by atoms with Crippen LogP contribution in [0.15, 0.2) is 0 Å². The first-order valence-electron chi connectivity index (χ1n) is 6.35. The fourth-order valence-electron chi connectivity index (χ4n) is 1.94. The lowest BCUT2D eigenvalue weighted by atomic mass is 10.1. The van der Waals surface area contributed by atoms with Crippen molar-refractivity contribution in [2.24, 2.45) is 0 Å². The molecule has 0 aromatic rings. The minimum absolute atomic E-state index is 0. The van der Waals surface area contributed by atoms with Gasteiger partial charge >= 0.3 is 0 Å². The quantitative estimate of drug-likeness (QED) is 0.710. The lowest BCUT2D eigenvalue weighted by Gasteiger charge is -2.32. The zero-order chi connectivity index (χ0) is 13.5. The molecule has 0 aliphatic carbocycles. The van der Waals surface area contributed by atoms with Gasteiger partial charge in [-0.15, -0.1) is 12.4 Å². The largest absolute Gasteiger partial charge is 0.383 e. The van der Waals surface area contributed by atoms with E-state index in [1.54, 1.807) is 12.0 Å². The molecule has 6 nitrogen and oxygen atoms in total. The van der Waals surface area contributed by atoms with Crippen LogP contribution in [-0.2, 0) is 14.3 Å². The number of piperazine rings is 1. The summed E-state index contributed by atoms with van der Waals surface area (Å²) in [6, 6.07) is -0.310. The molecule has 0 saturated carbocycles. The second-order valence-corrected chi connectivity index (χ2v) is 4.75. The first kappa shape index (κ1) is 18.1. The zero-order valence-electron chi connectivity index (χ0n) is 11.8. The SMILES string of the molecule is COCCN1CCNC(CC(=O)NC(C)C)C1=O.Cl. The summed E-state index contributed by atoms with van der Waals surface area (Å²) in [6.07, 6.45) is 0.195. The second-order valence-electron chi connectivity index (χ2n) is 4.75. The highest BCUT2D eigenvalue weighted by Gasteiger charge is 2.29. The Kier molecular flexibility index (Phi) is 8.71. The summed E-state index contributed by atoms with van der Waals surface area (Å²) in [4.78, 5) is 25.5. The molecule has 0 radical (unpaired) electrons. The third-order valence-electron chi connectivity index (χ3n) is 2.79. The molecule has 0 aromatic carbocycles. The lowest BCUT2D eigenvalue weighted by molar-refractivity contribution is -0.138. The van der Waals surface area contributed by atoms with Crippen molar-refractivity contribution < 1.29 is 14.3 Å². The van der Waals surface area contributed by atoms with Crippen LogP contribution in [0.4, 0.5) is 0 Å². The Morgan fingerprint density at radius 3 is 2.84 bits per heavy atom. The molecule has 19 heavy (non-hydrogen) atoms. The summed E-state index contributed by atoms with van der Waals surface area (Å²) >= 11 is 0. The molecule has 1 rings (SSSR count). The highest BCUT2D eigenvalue weighted by atomic mass is 35.5. The lowest BCUT2D eigenvalue weighted by Crippen LogP contribution is -2.57. The fourth-order valence-corrected chi connectivity index (χ4v) is 1.94. The van der Waals surface area contributed by atoms with Crippen molar-refractivity contribution in [3.05, 3.63) is 0 Å². The van der Waals surface area contributed by atoms with Crippen LogP contribution in [-0.4, -0.2) is 62.1 Å². The van der Waals surface area contributed by atoms with E-state index in [0.717, 1.165) is 6.54 Å². The van der Waals surface area contributed by atoms with Gasteiger partial charge in [0, 0.05) is 32.8 Å². The van der Waals surface area contributed by atoms with Gasteiger partial charge in [-0.05, 0) is 13.8 Å². The Balaban J connectivity index is 0.00000324. The second kappa shape index (κ2) is 9.12. The molecule has 1 unspecified atom stereocenters. The van der Waals surface area contributed by atoms with Crippen LogP contribution in [0.3, 0.4) is 0 Å². The third kappa shape index (κ3) is 6.22. The maximum absolute atomic E-state index is 12.1. The van der Waals surface area contributed by atoms with E-state index in [9.17, 15) is 9.59 Å². The molecule has 0 spiro atoms. The van der Waals surface area contributed by atoms with Crippen molar-refractivity contribution in [2.75, 3.05) is 33.4 Å². The van der Waals surface area contributed by atoms with Gasteiger partial charge in [0.2, 0.25) is 11.8 Å². The number of amides is 2. The fraction of sp³-hybridized carbons (Fsp3) is 0.833. The summed E-state index contributed by atoms with van der Waals surface area (Å²) in [5.74, 6) is -0.110. The van der Waals surface area contributed by atoms with E-state index in [0.29, 0.717) is 19.7 Å². The van der Waals surface area contributed by atoms with Crippen LogP contribution >= 0.6 is 12.4 Å². The van der Waals surface area contributed by atoms with E-state index in [-0.39, 0.29) is 36.7 Å². The van der Waals surface area contributed by atoms with Crippen LogP contribution in [0.5, 0.6) is 0 Å². The number of hydrogen-bond acceptors (Lipinski definition) is 4. The topological polar surface area (TPSA) is 70.7 Å². The van der Waals surface area contributed by atoms with Gasteiger partial charge in [-0.2, -0.15) is 0 Å². The number of rotatable bonds is 6. The highest BCUT2D eigenvalue weighted by molar-refractivity contribution is 5.89. The molecule has 1 fully saturated rings. The van der Waals surface area contributed by atoms with Crippen molar-refractivity contribution in [3.8, 4) is 0 Å². The maximum atomic E-state index is 12.1. The van der Waals surface area contributed by atoms with Crippen LogP contribution in [0, 0.1) is 0 Å². The molecule has 1 atom stereocenters. The summed E-state index contributed by atoms with van der Waals surface area (Å²) in [5, 5.41) is 5.88. The number of carbonyl (C=O) groups is 2. The predicted octanol–water partition coefficient (Wildman–Crippen LogP) is -0.230. The van der Waals surface area contributed by atoms with Gasteiger partial charge < -0.3 is 20.3 Å². The highest BCUT2D eigenvalue weighted by Crippen LogP contribution is 2.05. The summed E-state index contributed by atoms with van der Waals surface area (Å²) in [6.45, 7) is 6.30. The standard InChI is InChI=1S/C12H23N3O3.ClH/c1-9(2)14-11(16)8-10-12(17)15(5-4-13-10)6-7-18-3;/h9-10,13H,4-8H2,1-3H3,(H,14,16);1H. The van der Waals surface area contributed by atoms with Gasteiger partial charge in [0.15, 0.2) is 0 Å². The van der Waals surface area contributed by atoms with Gasteiger partial charge in [0.25, 0.3) is 0 Å². The normalized spacial score (nSPS) is 19.3. The number of methoxy groups -OCH3 is 1. The van der Waals surface area contributed by atoms with Crippen molar-refractivity contribution >= 4 is 24.2 Å². The molecular formula is C12H24ClN3O3. The van der Waals surface area contributed by atoms with E-state index in [4.69, 9.17) is 4.74 Å². The van der Waals surface area contributed by atoms with Gasteiger partial charge in [-0.25, -0.2) is 0 Å². The van der Waals surface area contributed by atoms with Crippen LogP contribution in [0.1, 0.15) is 20.3 Å². The van der Waals surface area contributed by atoms with Gasteiger partial charge in [-0.1, -0.05) is 0 Å². The van der Waals surface area contributed by atoms with E-state index in [1.165, 1.54) is 0 Å². The number of halogens is 1. The molecule has 2 N–H and O–H groups in total. The number of nitrogens with zero attached hydrogens (tertiary/aromatic N) is 1. The van der Waals surface area contributed by atoms with Crippen LogP contribution < -0.4 is 10.6 Å². The van der Waals surface area contributed by atoms with Crippen molar-refractivity contribution in [3.63, 3.8) is 0 Å². The maximum Gasteiger partial charge on any atom is 0.240 e. The van der Waals surface area contributed by atoms with E-state index in [2.05, 4.69) is 10.6 Å². The van der Waals surface area contributed by atoms with E-state index >= 15 is 0 Å². The Morgan fingerprint density at radius 1 is 1.58 bits per heavy atom. The average Bonchev–Trinajstić information content (AvgIpc) is 2.29. The van der Waals surface area contributed by atoms with E-state index < -0.39 is 6.04 Å². The monoisotopic (exact) mass is 293 g/mol. The summed E-state index contributed by atoms with van der Waals surface area (Å²) in [7, 11) is 1.61. The van der Waals surface area contributed by atoms with Crippen molar-refractivity contribution in [1.29, 1.82) is 0 Å². The van der Waals surface area contributed by atoms with E-state index in [1.807, 2.05) is 13.8 Å². The first-order valence-corrected chi connectivity index (χ1v) is 6.35. The number of hydrogen-bond donors (Lipinski definition) is 2. The molecular weight excluding hydrogens is 270 g/mol. The minimum Gasteiger partial charge on any atom is -0.383 e. The Morgan fingerprint density at radius 2 is 2.26 bits per heavy atom. The number of ether oxygens (including phenoxy) is 1. The molecule has 7 heteroatoms. The van der Waals surface area contributed by atoms with Crippen LogP contribution in [0.2, 0.25) is 0 Å². The summed E-state index contributed by atoms with van der Waals surface area (Å²) < 4.78 is 4.97. The molecule has 112 valence electrons. The zero-order valence-corrected chi connectivity index (χ0v) is 12.6.